The van der Waals surface area contributed by atoms with Gasteiger partial charge >= 0.3 is 20.7 Å². The van der Waals surface area contributed by atoms with Gasteiger partial charge in [0, 0.05) is 42.6 Å². The Bertz CT molecular complexity index is 1500. The first kappa shape index (κ1) is 42.1. The number of benzene rings is 1. The van der Waals surface area contributed by atoms with Crippen LogP contribution in [0.2, 0.25) is 0 Å². The lowest BCUT2D eigenvalue weighted by Gasteiger charge is -2.24. The lowest BCUT2D eigenvalue weighted by atomic mass is 9.75. The molecule has 0 aliphatic carbocycles. The number of nitrogens with zero attached hydrogens (tertiary/aromatic N) is 5. The summed E-state index contributed by atoms with van der Waals surface area (Å²) in [6.45, 7) is 4.69. The van der Waals surface area contributed by atoms with Gasteiger partial charge in [-0.2, -0.15) is 0 Å². The lowest BCUT2D eigenvalue weighted by Crippen LogP contribution is -2.55. The molecule has 2 atom stereocenters. The van der Waals surface area contributed by atoms with Gasteiger partial charge in [0.15, 0.2) is 0 Å². The van der Waals surface area contributed by atoms with Crippen molar-refractivity contribution in [3.8, 4) is 0 Å². The largest absolute Gasteiger partial charge is 0.475 e. The van der Waals surface area contributed by atoms with Gasteiger partial charge in [-0.3, -0.25) is 23.7 Å². The molecule has 0 aliphatic heterocycles. The van der Waals surface area contributed by atoms with E-state index in [2.05, 4.69) is 67.6 Å². The normalized spacial score (nSPS) is 12.4. The van der Waals surface area contributed by atoms with E-state index in [0.717, 1.165) is 5.56 Å². The number of hydrogen-bond donors (Lipinski definition) is 6. The summed E-state index contributed by atoms with van der Waals surface area (Å²) in [5.41, 5.74) is 1.41. The van der Waals surface area contributed by atoms with Gasteiger partial charge in [-0.15, -0.1) is 0 Å². The first-order valence-electron chi connectivity index (χ1n) is 15.1. The van der Waals surface area contributed by atoms with E-state index < -0.39 is 43.5 Å². The van der Waals surface area contributed by atoms with Gasteiger partial charge in [0.2, 0.25) is 5.91 Å². The molecule has 2 aromatic heterocycles. The summed E-state index contributed by atoms with van der Waals surface area (Å²) in [7, 11) is -3.41. The molecule has 0 spiro atoms. The van der Waals surface area contributed by atoms with Crippen molar-refractivity contribution >= 4 is 64.4 Å². The number of amides is 2. The van der Waals surface area contributed by atoms with E-state index in [1.807, 2.05) is 44.2 Å². The van der Waals surface area contributed by atoms with Crippen molar-refractivity contribution in [1.82, 2.24) is 40.3 Å². The summed E-state index contributed by atoms with van der Waals surface area (Å²) < 4.78 is 19.2. The Morgan fingerprint density at radius 1 is 1.06 bits per heavy atom. The number of aromatic nitrogens is 4. The Labute approximate surface area is 301 Å². The molecular formula is C28H41BBr2N9O8P. The molecule has 268 valence electrons. The molecule has 0 saturated carbocycles. The highest BCUT2D eigenvalue weighted by Crippen LogP contribution is 2.38. The highest BCUT2D eigenvalue weighted by atomic mass is 79.9. The van der Waals surface area contributed by atoms with E-state index >= 15 is 0 Å². The number of nitrogens with one attached hydrogen (secondary N) is 4. The van der Waals surface area contributed by atoms with Crippen LogP contribution in [0, 0.1) is 16.0 Å². The quantitative estimate of drug-likeness (QED) is 0.0335. The molecule has 17 nitrogen and oxygen atoms in total. The third-order valence-corrected chi connectivity index (χ3v) is 9.13. The topological polar surface area (TPSA) is 236 Å². The van der Waals surface area contributed by atoms with E-state index in [9.17, 15) is 34.3 Å². The van der Waals surface area contributed by atoms with Crippen LogP contribution in [-0.2, 0) is 34.0 Å². The Kier molecular flexibility index (Phi) is 18.8. The van der Waals surface area contributed by atoms with E-state index in [-0.39, 0.29) is 30.6 Å². The molecule has 21 heteroatoms. The Morgan fingerprint density at radius 3 is 2.22 bits per heavy atom. The maximum atomic E-state index is 12.8. The molecule has 0 saturated heterocycles. The van der Waals surface area contributed by atoms with E-state index in [4.69, 9.17) is 4.52 Å². The van der Waals surface area contributed by atoms with Gasteiger partial charge in [-0.1, -0.05) is 81.0 Å². The van der Waals surface area contributed by atoms with Gasteiger partial charge in [-0.25, -0.2) is 19.7 Å². The van der Waals surface area contributed by atoms with Crippen molar-refractivity contribution in [2.75, 3.05) is 23.7 Å². The van der Waals surface area contributed by atoms with Crippen molar-refractivity contribution in [3.05, 3.63) is 82.2 Å². The van der Waals surface area contributed by atoms with Crippen LogP contribution in [-0.4, -0.2) is 89.2 Å². The minimum absolute atomic E-state index is 0.0564. The maximum absolute atomic E-state index is 12.8. The zero-order valence-corrected chi connectivity index (χ0v) is 31.3. The van der Waals surface area contributed by atoms with Crippen LogP contribution in [0.4, 0.5) is 5.95 Å². The first-order valence-corrected chi connectivity index (χ1v) is 19.0. The zero-order valence-electron chi connectivity index (χ0n) is 27.2. The number of halogens is 2. The molecule has 3 aromatic rings. The minimum Gasteiger partial charge on any atom is -0.426 e. The fourth-order valence-electron chi connectivity index (χ4n) is 4.17. The SMILES string of the molecule is CC(C)C[C@H](NC(=O)[C@H](Cc1ccccc1)NC(=O)c1cnccn1)B(O)O.Cn1c(COP(=O)(NCCBr)NCCBr)cnc1[N+](=O)[O-]. The average Bonchev–Trinajstić information content (AvgIpc) is 3.46. The fourth-order valence-corrected chi connectivity index (χ4v) is 6.60. The molecule has 0 bridgehead atoms. The average molecular weight is 833 g/mol. The third kappa shape index (κ3) is 15.1. The van der Waals surface area contributed by atoms with Gasteiger partial charge in [0.1, 0.15) is 30.2 Å². The molecule has 0 radical (unpaired) electrons. The summed E-state index contributed by atoms with van der Waals surface area (Å²) in [5, 5.41) is 42.0. The first-order chi connectivity index (χ1) is 23.3. The molecule has 3 rings (SSSR count). The van der Waals surface area contributed by atoms with Crippen molar-refractivity contribution in [2.45, 2.75) is 45.3 Å². The zero-order chi connectivity index (χ0) is 36.4. The molecule has 6 N–H and O–H groups in total. The van der Waals surface area contributed by atoms with Crippen molar-refractivity contribution in [2.24, 2.45) is 13.0 Å². The van der Waals surface area contributed by atoms with E-state index in [1.165, 1.54) is 36.4 Å². The highest BCUT2D eigenvalue weighted by molar-refractivity contribution is 9.09. The van der Waals surface area contributed by atoms with Crippen LogP contribution < -0.4 is 20.8 Å². The van der Waals surface area contributed by atoms with Crippen LogP contribution in [0.3, 0.4) is 0 Å². The van der Waals surface area contributed by atoms with E-state index in [1.54, 1.807) is 0 Å². The second-order valence-electron chi connectivity index (χ2n) is 10.8. The lowest BCUT2D eigenvalue weighted by molar-refractivity contribution is -0.396. The monoisotopic (exact) mass is 831 g/mol. The van der Waals surface area contributed by atoms with Crippen molar-refractivity contribution < 1.29 is 33.6 Å². The second kappa shape index (κ2) is 21.9. The van der Waals surface area contributed by atoms with Gasteiger partial charge in [0.05, 0.1) is 19.2 Å². The van der Waals surface area contributed by atoms with Crippen LogP contribution in [0.25, 0.3) is 0 Å². The minimum atomic E-state index is -3.22. The van der Waals surface area contributed by atoms with Crippen LogP contribution in [0.15, 0.2) is 55.1 Å². The summed E-state index contributed by atoms with van der Waals surface area (Å²) in [5.74, 6) is -2.01. The molecular weight excluding hydrogens is 792 g/mol. The van der Waals surface area contributed by atoms with Gasteiger partial charge in [0.25, 0.3) is 5.91 Å². The molecule has 0 aliphatic rings. The maximum Gasteiger partial charge on any atom is 0.475 e. The predicted octanol–water partition coefficient (Wildman–Crippen LogP) is 2.28. The number of carbonyl (C=O) groups excluding carboxylic acids is 2. The summed E-state index contributed by atoms with van der Waals surface area (Å²) >= 11 is 6.46. The van der Waals surface area contributed by atoms with Gasteiger partial charge < -0.3 is 30.8 Å². The number of hydrogen-bond acceptors (Lipinski definition) is 11. The number of nitro groups is 1. The molecule has 0 unspecified atom stereocenters. The molecule has 2 amide bonds. The smallest absolute Gasteiger partial charge is 0.426 e. The van der Waals surface area contributed by atoms with Gasteiger partial charge in [-0.05, 0) is 22.8 Å². The molecule has 1 aromatic carbocycles. The van der Waals surface area contributed by atoms with Crippen molar-refractivity contribution in [1.29, 1.82) is 0 Å². The fraction of sp³-hybridized carbons (Fsp3) is 0.464. The number of rotatable bonds is 19. The summed E-state index contributed by atoms with van der Waals surface area (Å²) in [6.07, 6.45) is 6.11. The van der Waals surface area contributed by atoms with Crippen LogP contribution in [0.1, 0.15) is 42.0 Å². The van der Waals surface area contributed by atoms with E-state index in [0.29, 0.717) is 35.9 Å². The predicted molar refractivity (Wildman–Crippen MR) is 191 cm³/mol. The van der Waals surface area contributed by atoms with Crippen LogP contribution >= 0.6 is 39.5 Å². The number of alkyl halides is 2. The summed E-state index contributed by atoms with van der Waals surface area (Å²) in [6, 6.07) is 8.33. The highest BCUT2D eigenvalue weighted by Gasteiger charge is 2.30. The van der Waals surface area contributed by atoms with Crippen LogP contribution in [0.5, 0.6) is 0 Å². The standard InChI is InChI=1S/C19H25BN4O4.C9H16Br2N5O4P/c1-13(2)10-17(20(27)28)24-18(25)15(11-14-6-4-3-5-7-14)23-19(26)16-12-21-8-9-22-16;1-15-8(6-12-9(15)16(17)18)7-20-21(19,13-4-2-10)14-5-3-11/h3-9,12-13,15,17,27-28H,10-11H2,1-2H3,(H,23,26)(H,24,25);6H,2-5,7H2,1H3,(H2,13,14,19)/t15-,17-;/m0./s1. The molecule has 2 heterocycles. The molecule has 49 heavy (non-hydrogen) atoms. The Hall–Kier alpha value is -3.10. The number of carbonyl (C=O) groups is 2. The number of imidazole rings is 1. The second-order valence-corrected chi connectivity index (χ2v) is 14.4. The molecule has 0 fully saturated rings. The third-order valence-electron chi connectivity index (χ3n) is 6.56. The Morgan fingerprint density at radius 2 is 1.71 bits per heavy atom. The van der Waals surface area contributed by atoms with Crippen molar-refractivity contribution in [3.63, 3.8) is 0 Å². The Balaban J connectivity index is 0.000000355. The summed E-state index contributed by atoms with van der Waals surface area (Å²) in [4.78, 5) is 46.9.